The predicted molar refractivity (Wildman–Crippen MR) is 70.7 cm³/mol. The van der Waals surface area contributed by atoms with Crippen LogP contribution in [0.15, 0.2) is 24.3 Å². The second-order valence-electron chi connectivity index (χ2n) is 5.16. The van der Waals surface area contributed by atoms with Crippen molar-refractivity contribution in [1.29, 1.82) is 0 Å². The molecular formula is C15H23NO. The Morgan fingerprint density at radius 2 is 2.24 bits per heavy atom. The summed E-state index contributed by atoms with van der Waals surface area (Å²) in [5.74, 6) is 0.971. The van der Waals surface area contributed by atoms with E-state index >= 15 is 0 Å². The highest BCUT2D eigenvalue weighted by atomic mass is 16.3. The molecule has 1 aromatic carbocycles. The fourth-order valence-corrected chi connectivity index (χ4v) is 2.36. The summed E-state index contributed by atoms with van der Waals surface area (Å²) in [6, 6.07) is 8.57. The van der Waals surface area contributed by atoms with E-state index in [-0.39, 0.29) is 6.61 Å². The first-order chi connectivity index (χ1) is 8.29. The number of benzene rings is 1. The minimum Gasteiger partial charge on any atom is -0.392 e. The molecule has 1 unspecified atom stereocenters. The normalized spacial score (nSPS) is 17.8. The van der Waals surface area contributed by atoms with Crippen LogP contribution >= 0.6 is 0 Å². The lowest BCUT2D eigenvalue weighted by Gasteiger charge is -2.26. The van der Waals surface area contributed by atoms with Crippen LogP contribution in [0, 0.1) is 5.92 Å². The number of aliphatic hydroxyl groups is 1. The van der Waals surface area contributed by atoms with Crippen molar-refractivity contribution in [1.82, 2.24) is 5.32 Å². The Bertz CT molecular complexity index is 347. The van der Waals surface area contributed by atoms with Gasteiger partial charge >= 0.3 is 0 Å². The molecule has 1 aliphatic rings. The molecule has 0 spiro atoms. The summed E-state index contributed by atoms with van der Waals surface area (Å²) >= 11 is 0. The van der Waals surface area contributed by atoms with Crippen LogP contribution in [0.5, 0.6) is 0 Å². The van der Waals surface area contributed by atoms with Crippen molar-refractivity contribution in [2.45, 2.75) is 45.3 Å². The molecule has 2 heteroatoms. The fourth-order valence-electron chi connectivity index (χ4n) is 2.36. The van der Waals surface area contributed by atoms with Crippen molar-refractivity contribution in [3.8, 4) is 0 Å². The van der Waals surface area contributed by atoms with Crippen LogP contribution in [0.25, 0.3) is 0 Å². The molecular weight excluding hydrogens is 210 g/mol. The largest absolute Gasteiger partial charge is 0.392 e. The highest BCUT2D eigenvalue weighted by Crippen LogP contribution is 2.29. The van der Waals surface area contributed by atoms with E-state index in [9.17, 15) is 0 Å². The Morgan fingerprint density at radius 1 is 1.41 bits per heavy atom. The van der Waals surface area contributed by atoms with Gasteiger partial charge in [0.05, 0.1) is 6.61 Å². The summed E-state index contributed by atoms with van der Waals surface area (Å²) < 4.78 is 0. The van der Waals surface area contributed by atoms with Gasteiger partial charge in [-0.05, 0) is 36.9 Å². The monoisotopic (exact) mass is 233 g/mol. The van der Waals surface area contributed by atoms with Gasteiger partial charge in [0.1, 0.15) is 0 Å². The van der Waals surface area contributed by atoms with Gasteiger partial charge in [-0.15, -0.1) is 0 Å². The number of hydrogen-bond donors (Lipinski definition) is 2. The zero-order valence-corrected chi connectivity index (χ0v) is 10.7. The molecule has 94 valence electrons. The molecule has 0 bridgehead atoms. The molecule has 1 aromatic rings. The van der Waals surface area contributed by atoms with Crippen molar-refractivity contribution in [3.63, 3.8) is 0 Å². The van der Waals surface area contributed by atoms with E-state index in [1.807, 2.05) is 12.1 Å². The van der Waals surface area contributed by atoms with Crippen molar-refractivity contribution in [2.24, 2.45) is 5.92 Å². The molecule has 0 aliphatic heterocycles. The van der Waals surface area contributed by atoms with E-state index in [0.29, 0.717) is 6.04 Å². The Labute approximate surface area is 104 Å². The molecule has 1 saturated carbocycles. The summed E-state index contributed by atoms with van der Waals surface area (Å²) in [6.45, 7) is 3.43. The SMILES string of the molecule is CC(NCCC1CCC1)c1cccc(CO)c1. The van der Waals surface area contributed by atoms with E-state index < -0.39 is 0 Å². The van der Waals surface area contributed by atoms with Gasteiger partial charge in [-0.25, -0.2) is 0 Å². The lowest BCUT2D eigenvalue weighted by molar-refractivity contribution is 0.281. The van der Waals surface area contributed by atoms with Gasteiger partial charge < -0.3 is 10.4 Å². The number of hydrogen-bond acceptors (Lipinski definition) is 2. The average molecular weight is 233 g/mol. The van der Waals surface area contributed by atoms with Crippen LogP contribution in [0.1, 0.15) is 49.8 Å². The minimum atomic E-state index is 0.128. The van der Waals surface area contributed by atoms with Crippen molar-refractivity contribution in [3.05, 3.63) is 35.4 Å². The smallest absolute Gasteiger partial charge is 0.0681 e. The first-order valence-electron chi connectivity index (χ1n) is 6.72. The lowest BCUT2D eigenvalue weighted by Crippen LogP contribution is -2.24. The second kappa shape index (κ2) is 6.18. The van der Waals surface area contributed by atoms with E-state index in [2.05, 4.69) is 24.4 Å². The van der Waals surface area contributed by atoms with E-state index in [1.54, 1.807) is 0 Å². The first-order valence-corrected chi connectivity index (χ1v) is 6.72. The van der Waals surface area contributed by atoms with Crippen LogP contribution in [-0.2, 0) is 6.61 Å². The molecule has 0 saturated heterocycles. The quantitative estimate of drug-likeness (QED) is 0.791. The van der Waals surface area contributed by atoms with E-state index in [1.165, 1.54) is 31.2 Å². The first kappa shape index (κ1) is 12.6. The number of aliphatic hydroxyl groups excluding tert-OH is 1. The maximum Gasteiger partial charge on any atom is 0.0681 e. The maximum atomic E-state index is 9.11. The standard InChI is InChI=1S/C15H23NO/c1-12(16-9-8-13-4-2-5-13)15-7-3-6-14(10-15)11-17/h3,6-7,10,12-13,16-17H,2,4-5,8-9,11H2,1H3. The third kappa shape index (κ3) is 3.55. The molecule has 1 aliphatic carbocycles. The van der Waals surface area contributed by atoms with Gasteiger partial charge in [-0.1, -0.05) is 43.5 Å². The zero-order chi connectivity index (χ0) is 12.1. The summed E-state index contributed by atoms with van der Waals surface area (Å²) in [6.07, 6.45) is 5.59. The molecule has 0 aromatic heterocycles. The number of rotatable bonds is 6. The fraction of sp³-hybridized carbons (Fsp3) is 0.600. The van der Waals surface area contributed by atoms with Crippen molar-refractivity contribution < 1.29 is 5.11 Å². The Morgan fingerprint density at radius 3 is 2.88 bits per heavy atom. The van der Waals surface area contributed by atoms with Crippen LogP contribution in [0.3, 0.4) is 0 Å². The highest BCUT2D eigenvalue weighted by Gasteiger charge is 2.16. The second-order valence-corrected chi connectivity index (χ2v) is 5.16. The van der Waals surface area contributed by atoms with Crippen LogP contribution in [0.2, 0.25) is 0 Å². The molecule has 0 amide bonds. The van der Waals surface area contributed by atoms with E-state index in [4.69, 9.17) is 5.11 Å². The zero-order valence-electron chi connectivity index (χ0n) is 10.7. The van der Waals surface area contributed by atoms with Crippen molar-refractivity contribution in [2.75, 3.05) is 6.54 Å². The van der Waals surface area contributed by atoms with Crippen LogP contribution in [0.4, 0.5) is 0 Å². The Balaban J connectivity index is 1.78. The summed E-state index contributed by atoms with van der Waals surface area (Å²) in [4.78, 5) is 0. The maximum absolute atomic E-state index is 9.11. The van der Waals surface area contributed by atoms with Gasteiger partial charge in [0.25, 0.3) is 0 Å². The minimum absolute atomic E-state index is 0.128. The third-order valence-corrected chi connectivity index (χ3v) is 3.86. The molecule has 2 N–H and O–H groups in total. The molecule has 1 fully saturated rings. The molecule has 2 rings (SSSR count). The summed E-state index contributed by atoms with van der Waals surface area (Å²) in [5, 5.41) is 12.7. The lowest BCUT2D eigenvalue weighted by atomic mass is 9.83. The highest BCUT2D eigenvalue weighted by molar-refractivity contribution is 5.25. The predicted octanol–water partition coefficient (Wildman–Crippen LogP) is 3.02. The molecule has 0 heterocycles. The molecule has 0 radical (unpaired) electrons. The van der Waals surface area contributed by atoms with Gasteiger partial charge in [-0.2, -0.15) is 0 Å². The van der Waals surface area contributed by atoms with Crippen LogP contribution in [-0.4, -0.2) is 11.7 Å². The van der Waals surface area contributed by atoms with Gasteiger partial charge in [-0.3, -0.25) is 0 Å². The molecule has 17 heavy (non-hydrogen) atoms. The summed E-state index contributed by atoms with van der Waals surface area (Å²) in [7, 11) is 0. The van der Waals surface area contributed by atoms with Gasteiger partial charge in [0, 0.05) is 6.04 Å². The van der Waals surface area contributed by atoms with Gasteiger partial charge in [0.2, 0.25) is 0 Å². The van der Waals surface area contributed by atoms with E-state index in [0.717, 1.165) is 18.0 Å². The average Bonchev–Trinajstić information content (AvgIpc) is 2.32. The Kier molecular flexibility index (Phi) is 4.57. The number of nitrogens with one attached hydrogen (secondary N) is 1. The van der Waals surface area contributed by atoms with Gasteiger partial charge in [0.15, 0.2) is 0 Å². The third-order valence-electron chi connectivity index (χ3n) is 3.86. The topological polar surface area (TPSA) is 32.3 Å². The van der Waals surface area contributed by atoms with Crippen molar-refractivity contribution >= 4 is 0 Å². The molecule has 2 nitrogen and oxygen atoms in total. The molecule has 1 atom stereocenters. The van der Waals surface area contributed by atoms with Crippen LogP contribution < -0.4 is 5.32 Å². The summed E-state index contributed by atoms with van der Waals surface area (Å²) in [5.41, 5.74) is 2.26. The Hall–Kier alpha value is -0.860.